The van der Waals surface area contributed by atoms with Gasteiger partial charge in [-0.15, -0.1) is 12.4 Å². The van der Waals surface area contributed by atoms with Crippen molar-refractivity contribution in [2.75, 3.05) is 13.1 Å². The third-order valence-electron chi connectivity index (χ3n) is 5.02. The Kier molecular flexibility index (Phi) is 5.85. The van der Waals surface area contributed by atoms with Crippen LogP contribution in [-0.2, 0) is 0 Å². The van der Waals surface area contributed by atoms with Crippen molar-refractivity contribution in [3.8, 4) is 0 Å². The molecule has 1 fully saturated rings. The number of aliphatic hydroxyl groups is 1. The van der Waals surface area contributed by atoms with Gasteiger partial charge in [0, 0.05) is 12.5 Å². The molecular weight excluding hydrogens is 306 g/mol. The zero-order valence-corrected chi connectivity index (χ0v) is 14.7. The summed E-state index contributed by atoms with van der Waals surface area (Å²) in [5.74, 6) is 0.0152. The fourth-order valence-electron chi connectivity index (χ4n) is 3.67. The maximum absolute atomic E-state index is 11.4. The number of β-amino-alcohol motifs (C(OH)–C–C–N with tert-alkyl or cyclic N) is 1. The maximum Gasteiger partial charge on any atom is 0.0880 e. The Balaban J connectivity index is 0.00000192. The first kappa shape index (κ1) is 18.0. The minimum Gasteiger partial charge on any atom is -0.388 e. The normalized spacial score (nSPS) is 22.2. The van der Waals surface area contributed by atoms with Gasteiger partial charge in [-0.05, 0) is 55.5 Å². The predicted molar refractivity (Wildman–Crippen MR) is 98.5 cm³/mol. The highest BCUT2D eigenvalue weighted by Gasteiger charge is 2.40. The summed E-state index contributed by atoms with van der Waals surface area (Å²) < 4.78 is 0. The van der Waals surface area contributed by atoms with Crippen LogP contribution in [0.3, 0.4) is 0 Å². The predicted octanol–water partition coefficient (Wildman–Crippen LogP) is 3.97. The van der Waals surface area contributed by atoms with Gasteiger partial charge in [-0.3, -0.25) is 0 Å². The molecule has 23 heavy (non-hydrogen) atoms. The highest BCUT2D eigenvalue weighted by Crippen LogP contribution is 2.40. The van der Waals surface area contributed by atoms with E-state index in [1.165, 1.54) is 22.3 Å². The summed E-state index contributed by atoms with van der Waals surface area (Å²) in [7, 11) is 0. The lowest BCUT2D eigenvalue weighted by molar-refractivity contribution is 0.00105. The summed E-state index contributed by atoms with van der Waals surface area (Å²) in [5, 5.41) is 14.8. The van der Waals surface area contributed by atoms with E-state index in [2.05, 4.69) is 61.6 Å². The van der Waals surface area contributed by atoms with Crippen molar-refractivity contribution in [2.45, 2.75) is 38.2 Å². The van der Waals surface area contributed by atoms with Crippen LogP contribution in [0.1, 0.15) is 41.0 Å². The number of aryl methyl sites for hydroxylation is 1. The van der Waals surface area contributed by atoms with E-state index < -0.39 is 5.60 Å². The van der Waals surface area contributed by atoms with Gasteiger partial charge < -0.3 is 10.4 Å². The Morgan fingerprint density at radius 3 is 2.43 bits per heavy atom. The fourth-order valence-corrected chi connectivity index (χ4v) is 3.67. The van der Waals surface area contributed by atoms with Crippen molar-refractivity contribution in [2.24, 2.45) is 0 Å². The molecule has 1 aliphatic rings. The molecular formula is C20H26ClNO. The Hall–Kier alpha value is -1.35. The summed E-state index contributed by atoms with van der Waals surface area (Å²) in [6.07, 6.45) is 1.86. The zero-order chi connectivity index (χ0) is 15.6. The average Bonchev–Trinajstić information content (AvgIpc) is 2.53. The van der Waals surface area contributed by atoms with Gasteiger partial charge in [0.05, 0.1) is 5.60 Å². The minimum atomic E-state index is -0.724. The quantitative estimate of drug-likeness (QED) is 0.892. The number of rotatable bonds is 3. The number of hydrogen-bond donors (Lipinski definition) is 2. The molecule has 2 aromatic carbocycles. The molecule has 2 nitrogen and oxygen atoms in total. The van der Waals surface area contributed by atoms with E-state index in [1.54, 1.807) is 0 Å². The van der Waals surface area contributed by atoms with E-state index in [-0.39, 0.29) is 18.3 Å². The molecule has 0 radical (unpaired) electrons. The van der Waals surface area contributed by atoms with Crippen LogP contribution in [0.25, 0.3) is 0 Å². The number of piperidine rings is 1. The molecule has 1 aliphatic heterocycles. The van der Waals surface area contributed by atoms with Crippen molar-refractivity contribution >= 4 is 12.4 Å². The van der Waals surface area contributed by atoms with Gasteiger partial charge in [0.2, 0.25) is 0 Å². The van der Waals surface area contributed by atoms with Gasteiger partial charge in [-0.1, -0.05) is 48.5 Å². The van der Waals surface area contributed by atoms with Gasteiger partial charge in [0.25, 0.3) is 0 Å². The first-order valence-corrected chi connectivity index (χ1v) is 8.16. The second kappa shape index (κ2) is 7.48. The highest BCUT2D eigenvalue weighted by molar-refractivity contribution is 5.85. The molecule has 0 bridgehead atoms. The summed E-state index contributed by atoms with van der Waals surface area (Å²) in [6.45, 7) is 5.96. The molecule has 0 aliphatic carbocycles. The summed E-state index contributed by atoms with van der Waals surface area (Å²) in [5.41, 5.74) is 4.29. The molecule has 2 N–H and O–H groups in total. The van der Waals surface area contributed by atoms with Gasteiger partial charge in [-0.2, -0.15) is 0 Å². The van der Waals surface area contributed by atoms with Crippen LogP contribution in [0.5, 0.6) is 0 Å². The molecule has 0 amide bonds. The molecule has 2 aromatic rings. The summed E-state index contributed by atoms with van der Waals surface area (Å²) >= 11 is 0. The first-order chi connectivity index (χ1) is 10.6. The Morgan fingerprint density at radius 1 is 1.04 bits per heavy atom. The average molecular weight is 332 g/mol. The van der Waals surface area contributed by atoms with E-state index in [0.717, 1.165) is 19.4 Å². The molecule has 2 atom stereocenters. The van der Waals surface area contributed by atoms with Crippen LogP contribution in [0.2, 0.25) is 0 Å². The van der Waals surface area contributed by atoms with Gasteiger partial charge >= 0.3 is 0 Å². The van der Waals surface area contributed by atoms with Crippen LogP contribution in [-0.4, -0.2) is 23.8 Å². The largest absolute Gasteiger partial charge is 0.388 e. The van der Waals surface area contributed by atoms with Gasteiger partial charge in [-0.25, -0.2) is 0 Å². The lowest BCUT2D eigenvalue weighted by Gasteiger charge is -2.41. The first-order valence-electron chi connectivity index (χ1n) is 8.16. The Labute approximate surface area is 145 Å². The second-order valence-corrected chi connectivity index (χ2v) is 6.52. The molecule has 2 unspecified atom stereocenters. The second-order valence-electron chi connectivity index (χ2n) is 6.52. The molecule has 0 spiro atoms. The van der Waals surface area contributed by atoms with Gasteiger partial charge in [0.1, 0.15) is 0 Å². The van der Waals surface area contributed by atoms with E-state index in [4.69, 9.17) is 0 Å². The molecule has 0 aromatic heterocycles. The number of hydrogen-bond acceptors (Lipinski definition) is 2. The summed E-state index contributed by atoms with van der Waals surface area (Å²) in [4.78, 5) is 0. The van der Waals surface area contributed by atoms with Crippen LogP contribution in [0, 0.1) is 13.8 Å². The van der Waals surface area contributed by atoms with Crippen molar-refractivity contribution in [3.05, 3.63) is 70.8 Å². The summed E-state index contributed by atoms with van der Waals surface area (Å²) in [6, 6.07) is 16.9. The standard InChI is InChI=1S/C20H25NO.ClH/c1-15-8-6-11-18(16(15)2)19(17-9-4-3-5-10-17)20(22)12-7-13-21-14-20;/h3-6,8-11,19,21-22H,7,12-14H2,1-2H3;1H. The Bertz CT molecular complexity index is 635. The third kappa shape index (κ3) is 3.60. The lowest BCUT2D eigenvalue weighted by Crippen LogP contribution is -2.50. The van der Waals surface area contributed by atoms with E-state index >= 15 is 0 Å². The Morgan fingerprint density at radius 2 is 1.78 bits per heavy atom. The molecule has 1 heterocycles. The lowest BCUT2D eigenvalue weighted by atomic mass is 9.72. The molecule has 3 heteroatoms. The fraction of sp³-hybridized carbons (Fsp3) is 0.400. The van der Waals surface area contributed by atoms with Crippen LogP contribution in [0.4, 0.5) is 0 Å². The third-order valence-corrected chi connectivity index (χ3v) is 5.02. The van der Waals surface area contributed by atoms with Crippen LogP contribution < -0.4 is 5.32 Å². The monoisotopic (exact) mass is 331 g/mol. The molecule has 1 saturated heterocycles. The van der Waals surface area contributed by atoms with E-state index in [1.807, 2.05) is 6.07 Å². The molecule has 3 rings (SSSR count). The van der Waals surface area contributed by atoms with Crippen molar-refractivity contribution in [1.29, 1.82) is 0 Å². The molecule has 124 valence electrons. The van der Waals surface area contributed by atoms with Crippen molar-refractivity contribution < 1.29 is 5.11 Å². The topological polar surface area (TPSA) is 32.3 Å². The number of nitrogens with one attached hydrogen (secondary N) is 1. The van der Waals surface area contributed by atoms with Gasteiger partial charge in [0.15, 0.2) is 0 Å². The van der Waals surface area contributed by atoms with Crippen molar-refractivity contribution in [3.63, 3.8) is 0 Å². The van der Waals surface area contributed by atoms with Crippen molar-refractivity contribution in [1.82, 2.24) is 5.32 Å². The number of halogens is 1. The maximum atomic E-state index is 11.4. The smallest absolute Gasteiger partial charge is 0.0880 e. The minimum absolute atomic E-state index is 0. The SMILES string of the molecule is Cc1cccc(C(c2ccccc2)C2(O)CCCNC2)c1C.Cl. The van der Waals surface area contributed by atoms with Crippen LogP contribution >= 0.6 is 12.4 Å². The van der Waals surface area contributed by atoms with Crippen LogP contribution in [0.15, 0.2) is 48.5 Å². The number of benzene rings is 2. The van der Waals surface area contributed by atoms with E-state index in [9.17, 15) is 5.11 Å². The highest BCUT2D eigenvalue weighted by atomic mass is 35.5. The zero-order valence-electron chi connectivity index (χ0n) is 13.9. The molecule has 0 saturated carbocycles. The van der Waals surface area contributed by atoms with E-state index in [0.29, 0.717) is 6.54 Å².